The molecule has 0 unspecified atom stereocenters. The maximum atomic E-state index is 12.9. The molecule has 0 saturated carbocycles. The predicted molar refractivity (Wildman–Crippen MR) is 130 cm³/mol. The number of halogens is 3. The molecule has 3 rings (SSSR count). The summed E-state index contributed by atoms with van der Waals surface area (Å²) in [6.07, 6.45) is 1.58. The Morgan fingerprint density at radius 1 is 1.20 bits per heavy atom. The van der Waals surface area contributed by atoms with Crippen molar-refractivity contribution in [3.63, 3.8) is 0 Å². The highest BCUT2D eigenvalue weighted by atomic mass is 79.9. The molecule has 0 amide bonds. The van der Waals surface area contributed by atoms with E-state index in [-0.39, 0.29) is 11.7 Å². The molecular weight excluding hydrogens is 582 g/mol. The van der Waals surface area contributed by atoms with E-state index < -0.39 is 0 Å². The fraction of sp³-hybridized carbons (Fsp3) is 0.286. The minimum absolute atomic E-state index is 0.0175. The van der Waals surface area contributed by atoms with Crippen LogP contribution in [0.5, 0.6) is 11.5 Å². The van der Waals surface area contributed by atoms with Crippen molar-refractivity contribution in [2.45, 2.75) is 33.8 Å². The Labute approximate surface area is 199 Å². The number of hydrogen-bond acceptors (Lipinski definition) is 5. The summed E-state index contributed by atoms with van der Waals surface area (Å²) in [5.74, 6) is 1.69. The second-order valence-electron chi connectivity index (χ2n) is 6.70. The van der Waals surface area contributed by atoms with Gasteiger partial charge in [0.15, 0.2) is 11.5 Å². The zero-order valence-electron chi connectivity index (χ0n) is 16.9. The van der Waals surface area contributed by atoms with Crippen LogP contribution in [0.4, 0.5) is 0 Å². The van der Waals surface area contributed by atoms with E-state index in [1.54, 1.807) is 25.3 Å². The van der Waals surface area contributed by atoms with E-state index in [1.807, 2.05) is 32.9 Å². The van der Waals surface area contributed by atoms with Gasteiger partial charge in [-0.05, 0) is 83.8 Å². The van der Waals surface area contributed by atoms with Crippen molar-refractivity contribution in [2.24, 2.45) is 5.10 Å². The molecule has 1 heterocycles. The van der Waals surface area contributed by atoms with Crippen LogP contribution in [0.3, 0.4) is 0 Å². The summed E-state index contributed by atoms with van der Waals surface area (Å²) < 4.78 is 15.2. The first-order valence-corrected chi connectivity index (χ1v) is 11.7. The lowest BCUT2D eigenvalue weighted by atomic mass is 10.2. The molecule has 0 N–H and O–H groups in total. The van der Waals surface area contributed by atoms with Gasteiger partial charge in [0.1, 0.15) is 5.82 Å². The molecule has 2 aromatic carbocycles. The van der Waals surface area contributed by atoms with Gasteiger partial charge in [0.25, 0.3) is 5.56 Å². The minimum Gasteiger partial charge on any atom is -0.490 e. The molecule has 0 aliphatic heterocycles. The van der Waals surface area contributed by atoms with E-state index in [4.69, 9.17) is 9.47 Å². The fourth-order valence-electron chi connectivity index (χ4n) is 2.82. The van der Waals surface area contributed by atoms with Crippen molar-refractivity contribution < 1.29 is 9.47 Å². The highest BCUT2D eigenvalue weighted by Crippen LogP contribution is 2.43. The molecule has 0 bridgehead atoms. The monoisotopic (exact) mass is 599 g/mol. The lowest BCUT2D eigenvalue weighted by Crippen LogP contribution is -2.20. The Morgan fingerprint density at radius 2 is 1.93 bits per heavy atom. The van der Waals surface area contributed by atoms with Crippen LogP contribution in [0.15, 0.2) is 47.6 Å². The number of ether oxygens (including phenoxy) is 2. The molecule has 0 saturated heterocycles. The van der Waals surface area contributed by atoms with Crippen molar-refractivity contribution in [1.29, 1.82) is 0 Å². The van der Waals surface area contributed by atoms with Crippen LogP contribution < -0.4 is 15.0 Å². The third-order valence-electron chi connectivity index (χ3n) is 4.09. The number of aromatic nitrogens is 2. The van der Waals surface area contributed by atoms with Gasteiger partial charge < -0.3 is 9.47 Å². The molecule has 0 spiro atoms. The largest absolute Gasteiger partial charge is 0.490 e. The zero-order valence-corrected chi connectivity index (χ0v) is 21.6. The topological polar surface area (TPSA) is 65.7 Å². The van der Waals surface area contributed by atoms with Gasteiger partial charge in [0.05, 0.1) is 34.3 Å². The van der Waals surface area contributed by atoms with Gasteiger partial charge >= 0.3 is 0 Å². The Kier molecular flexibility index (Phi) is 7.36. The number of rotatable bonds is 6. The van der Waals surface area contributed by atoms with Crippen molar-refractivity contribution in [3.8, 4) is 11.5 Å². The van der Waals surface area contributed by atoms with Crippen LogP contribution in [0.2, 0.25) is 0 Å². The Balaban J connectivity index is 2.11. The normalized spacial score (nSPS) is 11.6. The van der Waals surface area contributed by atoms with E-state index in [9.17, 15) is 4.79 Å². The molecule has 158 valence electrons. The first kappa shape index (κ1) is 23.0. The van der Waals surface area contributed by atoms with Gasteiger partial charge in [-0.25, -0.2) is 4.98 Å². The molecule has 30 heavy (non-hydrogen) atoms. The average molecular weight is 602 g/mol. The molecule has 1 aromatic heterocycles. The summed E-state index contributed by atoms with van der Waals surface area (Å²) in [6, 6.07) is 7.22. The molecule has 9 heteroatoms. The van der Waals surface area contributed by atoms with E-state index in [2.05, 4.69) is 57.9 Å². The number of nitrogens with zero attached hydrogens (tertiary/aromatic N) is 3. The summed E-state index contributed by atoms with van der Waals surface area (Å²) in [7, 11) is 0. The SMILES string of the molecule is CCOc1cc(C=Nn2c(C)nc3ccc(Br)cc3c2=O)c(Br)c(Br)c1OC(C)C. The molecule has 6 nitrogen and oxygen atoms in total. The Bertz CT molecular complexity index is 1190. The van der Waals surface area contributed by atoms with Gasteiger partial charge in [-0.3, -0.25) is 4.79 Å². The van der Waals surface area contributed by atoms with E-state index in [1.165, 1.54) is 4.68 Å². The van der Waals surface area contributed by atoms with Crippen LogP contribution in [0, 0.1) is 6.92 Å². The quantitative estimate of drug-likeness (QED) is 0.322. The Hall–Kier alpha value is -1.71. The van der Waals surface area contributed by atoms with Gasteiger partial charge in [-0.15, -0.1) is 0 Å². The van der Waals surface area contributed by atoms with Crippen molar-refractivity contribution in [1.82, 2.24) is 9.66 Å². The van der Waals surface area contributed by atoms with Gasteiger partial charge in [0, 0.05) is 14.5 Å². The molecule has 3 aromatic rings. The lowest BCUT2D eigenvalue weighted by Gasteiger charge is -2.18. The summed E-state index contributed by atoms with van der Waals surface area (Å²) in [4.78, 5) is 17.4. The van der Waals surface area contributed by atoms with Crippen LogP contribution in [-0.4, -0.2) is 28.6 Å². The molecular formula is C21H20Br3N3O3. The summed E-state index contributed by atoms with van der Waals surface area (Å²) in [5, 5.41) is 4.89. The minimum atomic E-state index is -0.241. The molecule has 0 aliphatic rings. The van der Waals surface area contributed by atoms with Crippen LogP contribution in [0.1, 0.15) is 32.2 Å². The first-order chi connectivity index (χ1) is 14.2. The second-order valence-corrected chi connectivity index (χ2v) is 9.20. The number of aryl methyl sites for hydroxylation is 1. The number of fused-ring (bicyclic) bond motifs is 1. The summed E-state index contributed by atoms with van der Waals surface area (Å²) in [6.45, 7) is 8.04. The maximum Gasteiger partial charge on any atom is 0.282 e. The van der Waals surface area contributed by atoms with E-state index in [0.717, 1.165) is 14.5 Å². The summed E-state index contributed by atoms with van der Waals surface area (Å²) in [5.41, 5.74) is 1.11. The van der Waals surface area contributed by atoms with Crippen LogP contribution >= 0.6 is 47.8 Å². The van der Waals surface area contributed by atoms with Crippen LogP contribution in [-0.2, 0) is 0 Å². The van der Waals surface area contributed by atoms with Crippen molar-refractivity contribution >= 4 is 64.9 Å². The van der Waals surface area contributed by atoms with Crippen molar-refractivity contribution in [3.05, 3.63) is 59.4 Å². The molecule has 0 atom stereocenters. The number of hydrogen-bond donors (Lipinski definition) is 0. The predicted octanol–water partition coefficient (Wildman–Crippen LogP) is 6.06. The molecule has 0 radical (unpaired) electrons. The Morgan fingerprint density at radius 3 is 2.60 bits per heavy atom. The maximum absolute atomic E-state index is 12.9. The molecule has 0 fully saturated rings. The van der Waals surface area contributed by atoms with Crippen molar-refractivity contribution in [2.75, 3.05) is 6.61 Å². The fourth-order valence-corrected chi connectivity index (χ4v) is 4.10. The van der Waals surface area contributed by atoms with Crippen LogP contribution in [0.25, 0.3) is 10.9 Å². The lowest BCUT2D eigenvalue weighted by molar-refractivity contribution is 0.222. The van der Waals surface area contributed by atoms with E-state index >= 15 is 0 Å². The second kappa shape index (κ2) is 9.62. The van der Waals surface area contributed by atoms with Gasteiger partial charge in [-0.2, -0.15) is 9.78 Å². The highest BCUT2D eigenvalue weighted by molar-refractivity contribution is 9.13. The van der Waals surface area contributed by atoms with E-state index in [0.29, 0.717) is 39.3 Å². The smallest absolute Gasteiger partial charge is 0.282 e. The third-order valence-corrected chi connectivity index (χ3v) is 6.73. The zero-order chi connectivity index (χ0) is 22.0. The highest BCUT2D eigenvalue weighted by Gasteiger charge is 2.18. The first-order valence-electron chi connectivity index (χ1n) is 9.27. The standard InChI is InChI=1S/C21H20Br3N3O3/c1-5-29-17-8-13(18(23)19(24)20(17)30-11(2)3)10-25-27-12(4)26-16-7-6-14(22)9-15(16)21(27)28/h6-11H,5H2,1-4H3. The third kappa shape index (κ3) is 4.78. The summed E-state index contributed by atoms with van der Waals surface area (Å²) >= 11 is 10.6. The number of benzene rings is 2. The molecule has 0 aliphatic carbocycles. The van der Waals surface area contributed by atoms with Gasteiger partial charge in [0.2, 0.25) is 0 Å². The van der Waals surface area contributed by atoms with Gasteiger partial charge in [-0.1, -0.05) is 15.9 Å². The average Bonchev–Trinajstić information content (AvgIpc) is 2.69.